The van der Waals surface area contributed by atoms with Crippen LogP contribution in [0.4, 0.5) is 17.2 Å². The third-order valence-electron chi connectivity index (χ3n) is 5.06. The second-order valence-electron chi connectivity index (χ2n) is 7.32. The van der Waals surface area contributed by atoms with E-state index >= 15 is 0 Å². The first-order chi connectivity index (χ1) is 15.9. The standard InChI is InChI=1S/C22H16N6O4S/c29-28(30)16-4-3-5-17(11-16)33(31,32)13-21-22(26-19-7-2-1-6-18(19)25-21)24-15-9-8-14-12-23-27-20(14)10-15/h1-12H,13H2,(H,23,27)(H,24,26). The number of benzene rings is 3. The summed E-state index contributed by atoms with van der Waals surface area (Å²) in [5.74, 6) is -0.206. The molecule has 0 radical (unpaired) electrons. The van der Waals surface area contributed by atoms with Gasteiger partial charge in [0, 0.05) is 23.2 Å². The first-order valence-electron chi connectivity index (χ1n) is 9.82. The number of aromatic amines is 1. The van der Waals surface area contributed by atoms with Crippen molar-refractivity contribution >= 4 is 49.0 Å². The quantitative estimate of drug-likeness (QED) is 0.284. The van der Waals surface area contributed by atoms with Crippen LogP contribution in [0.2, 0.25) is 0 Å². The lowest BCUT2D eigenvalue weighted by Crippen LogP contribution is -2.10. The van der Waals surface area contributed by atoms with Crippen LogP contribution in [-0.4, -0.2) is 33.5 Å². The first kappa shape index (κ1) is 20.5. The normalized spacial score (nSPS) is 11.6. The molecule has 0 saturated carbocycles. The van der Waals surface area contributed by atoms with Gasteiger partial charge in [-0.05, 0) is 36.4 Å². The van der Waals surface area contributed by atoms with Crippen LogP contribution < -0.4 is 5.32 Å². The van der Waals surface area contributed by atoms with E-state index in [1.54, 1.807) is 24.4 Å². The second kappa shape index (κ2) is 7.95. The van der Waals surface area contributed by atoms with Crippen molar-refractivity contribution in [2.45, 2.75) is 10.6 Å². The summed E-state index contributed by atoms with van der Waals surface area (Å²) in [6.45, 7) is 0. The third kappa shape index (κ3) is 4.08. The van der Waals surface area contributed by atoms with Crippen LogP contribution in [0.5, 0.6) is 0 Å². The molecule has 0 atom stereocenters. The third-order valence-corrected chi connectivity index (χ3v) is 6.69. The van der Waals surface area contributed by atoms with Crippen LogP contribution in [-0.2, 0) is 15.6 Å². The number of anilines is 2. The largest absolute Gasteiger partial charge is 0.339 e. The van der Waals surface area contributed by atoms with Gasteiger partial charge in [0.1, 0.15) is 5.75 Å². The highest BCUT2D eigenvalue weighted by Gasteiger charge is 2.22. The van der Waals surface area contributed by atoms with E-state index in [2.05, 4.69) is 25.5 Å². The summed E-state index contributed by atoms with van der Waals surface area (Å²) in [4.78, 5) is 19.4. The molecule has 0 aliphatic rings. The van der Waals surface area contributed by atoms with Gasteiger partial charge < -0.3 is 5.32 Å². The van der Waals surface area contributed by atoms with Crippen LogP contribution in [0.3, 0.4) is 0 Å². The van der Waals surface area contributed by atoms with Gasteiger partial charge in [0.15, 0.2) is 15.7 Å². The number of hydrogen-bond acceptors (Lipinski definition) is 8. The minimum atomic E-state index is -3.94. The summed E-state index contributed by atoms with van der Waals surface area (Å²) in [7, 11) is -3.94. The fourth-order valence-corrected chi connectivity index (χ4v) is 4.76. The number of fused-ring (bicyclic) bond motifs is 2. The van der Waals surface area contributed by atoms with E-state index in [1.165, 1.54) is 18.2 Å². The predicted octanol–water partition coefficient (Wildman–Crippen LogP) is 4.13. The van der Waals surface area contributed by atoms with Gasteiger partial charge in [0.2, 0.25) is 0 Å². The molecule has 0 bridgehead atoms. The van der Waals surface area contributed by atoms with Gasteiger partial charge in [0.25, 0.3) is 5.69 Å². The van der Waals surface area contributed by atoms with Crippen molar-refractivity contribution in [1.29, 1.82) is 0 Å². The smallest absolute Gasteiger partial charge is 0.270 e. The molecule has 33 heavy (non-hydrogen) atoms. The lowest BCUT2D eigenvalue weighted by molar-refractivity contribution is -0.385. The molecule has 0 unspecified atom stereocenters. The number of H-pyrrole nitrogens is 1. The topological polar surface area (TPSA) is 144 Å². The molecule has 0 aliphatic heterocycles. The number of sulfone groups is 1. The molecule has 0 fully saturated rings. The average molecular weight is 460 g/mol. The fourth-order valence-electron chi connectivity index (χ4n) is 3.44. The molecule has 164 valence electrons. The molecule has 0 spiro atoms. The maximum Gasteiger partial charge on any atom is 0.270 e. The second-order valence-corrected chi connectivity index (χ2v) is 9.31. The summed E-state index contributed by atoms with van der Waals surface area (Å²) in [6, 6.07) is 17.6. The molecular formula is C22H16N6O4S. The monoisotopic (exact) mass is 460 g/mol. The molecule has 2 aromatic heterocycles. The molecule has 0 saturated heterocycles. The zero-order chi connectivity index (χ0) is 23.0. The molecule has 10 nitrogen and oxygen atoms in total. The van der Waals surface area contributed by atoms with Crippen LogP contribution in [0.15, 0.2) is 77.8 Å². The molecule has 5 aromatic rings. The highest BCUT2D eigenvalue weighted by Crippen LogP contribution is 2.27. The van der Waals surface area contributed by atoms with E-state index in [4.69, 9.17) is 0 Å². The number of nitro groups is 1. The Morgan fingerprint density at radius 1 is 0.970 bits per heavy atom. The highest BCUT2D eigenvalue weighted by atomic mass is 32.2. The number of rotatable bonds is 6. The average Bonchev–Trinajstić information content (AvgIpc) is 3.27. The van der Waals surface area contributed by atoms with E-state index in [9.17, 15) is 18.5 Å². The van der Waals surface area contributed by atoms with Gasteiger partial charge in [-0.25, -0.2) is 18.4 Å². The molecular weight excluding hydrogens is 444 g/mol. The number of nitrogens with one attached hydrogen (secondary N) is 2. The van der Waals surface area contributed by atoms with Crippen molar-refractivity contribution in [3.63, 3.8) is 0 Å². The zero-order valence-corrected chi connectivity index (χ0v) is 17.8. The number of para-hydroxylation sites is 2. The van der Waals surface area contributed by atoms with E-state index < -0.39 is 20.5 Å². The predicted molar refractivity (Wildman–Crippen MR) is 123 cm³/mol. The van der Waals surface area contributed by atoms with Gasteiger partial charge in [-0.1, -0.05) is 18.2 Å². The molecule has 2 N–H and O–H groups in total. The van der Waals surface area contributed by atoms with Crippen LogP contribution >= 0.6 is 0 Å². The molecule has 0 amide bonds. The Morgan fingerprint density at radius 2 is 1.76 bits per heavy atom. The maximum atomic E-state index is 13.1. The van der Waals surface area contributed by atoms with E-state index in [-0.39, 0.29) is 22.1 Å². The Hall–Kier alpha value is -4.38. The number of hydrogen-bond donors (Lipinski definition) is 2. The molecule has 11 heteroatoms. The number of nitro benzene ring substituents is 1. The first-order valence-corrected chi connectivity index (χ1v) is 11.5. The van der Waals surface area contributed by atoms with Crippen molar-refractivity contribution in [1.82, 2.24) is 20.2 Å². The number of non-ortho nitro benzene ring substituents is 1. The van der Waals surface area contributed by atoms with Gasteiger partial charge in [-0.15, -0.1) is 0 Å². The minimum absolute atomic E-state index is 0.156. The van der Waals surface area contributed by atoms with Crippen LogP contribution in [0.1, 0.15) is 5.69 Å². The SMILES string of the molecule is O=[N+]([O-])c1cccc(S(=O)(=O)Cc2nc3ccccc3nc2Nc2ccc3cn[nH]c3c2)c1. The Morgan fingerprint density at radius 3 is 2.55 bits per heavy atom. The summed E-state index contributed by atoms with van der Waals surface area (Å²) in [5, 5.41) is 22.1. The van der Waals surface area contributed by atoms with Gasteiger partial charge in [-0.3, -0.25) is 15.2 Å². The minimum Gasteiger partial charge on any atom is -0.339 e. The van der Waals surface area contributed by atoms with Crippen molar-refractivity contribution < 1.29 is 13.3 Å². The van der Waals surface area contributed by atoms with Crippen LogP contribution in [0.25, 0.3) is 21.9 Å². The van der Waals surface area contributed by atoms with E-state index in [1.807, 2.05) is 24.3 Å². The summed E-state index contributed by atoms with van der Waals surface area (Å²) < 4.78 is 26.3. The number of nitrogens with zero attached hydrogens (tertiary/aromatic N) is 4. The van der Waals surface area contributed by atoms with E-state index in [0.29, 0.717) is 16.7 Å². The Bertz CT molecular complexity index is 1630. The maximum absolute atomic E-state index is 13.1. The molecule has 5 rings (SSSR count). The summed E-state index contributed by atoms with van der Waals surface area (Å²) in [5.41, 5.74) is 2.51. The summed E-state index contributed by atoms with van der Waals surface area (Å²) in [6.07, 6.45) is 1.70. The lowest BCUT2D eigenvalue weighted by atomic mass is 10.2. The Balaban J connectivity index is 1.57. The van der Waals surface area contributed by atoms with Crippen molar-refractivity contribution in [2.24, 2.45) is 0 Å². The molecule has 0 aliphatic carbocycles. The summed E-state index contributed by atoms with van der Waals surface area (Å²) >= 11 is 0. The Kier molecular flexibility index (Phi) is 4.94. The van der Waals surface area contributed by atoms with Crippen molar-refractivity contribution in [3.05, 3.63) is 88.7 Å². The van der Waals surface area contributed by atoms with Crippen molar-refractivity contribution in [2.75, 3.05) is 5.32 Å². The van der Waals surface area contributed by atoms with Crippen LogP contribution in [0, 0.1) is 10.1 Å². The van der Waals surface area contributed by atoms with E-state index in [0.717, 1.165) is 17.0 Å². The zero-order valence-electron chi connectivity index (χ0n) is 17.0. The fraction of sp³-hybridized carbons (Fsp3) is 0.0455. The van der Waals surface area contributed by atoms with Gasteiger partial charge in [0.05, 0.1) is 38.3 Å². The number of aromatic nitrogens is 4. The highest BCUT2D eigenvalue weighted by molar-refractivity contribution is 7.90. The van der Waals surface area contributed by atoms with Crippen molar-refractivity contribution in [3.8, 4) is 0 Å². The van der Waals surface area contributed by atoms with Gasteiger partial charge >= 0.3 is 0 Å². The Labute approximate surface area is 187 Å². The van der Waals surface area contributed by atoms with Gasteiger partial charge in [-0.2, -0.15) is 5.10 Å². The molecule has 2 heterocycles. The molecule has 3 aromatic carbocycles. The lowest BCUT2D eigenvalue weighted by Gasteiger charge is -2.13.